The second-order valence-electron chi connectivity index (χ2n) is 8.65. The molecule has 1 aromatic rings. The van der Waals surface area contributed by atoms with Crippen molar-refractivity contribution in [2.45, 2.75) is 57.6 Å². The summed E-state index contributed by atoms with van der Waals surface area (Å²) in [5.41, 5.74) is 3.28. The smallest absolute Gasteiger partial charge is 0.480 e. The third-order valence-corrected chi connectivity index (χ3v) is 6.28. The molecule has 3 N–H and O–H groups in total. The Labute approximate surface area is 252 Å². The van der Waals surface area contributed by atoms with Crippen molar-refractivity contribution in [3.05, 3.63) is 66.3 Å². The summed E-state index contributed by atoms with van der Waals surface area (Å²) >= 11 is 0. The number of allylic oxidation sites excluding steroid dienone is 4. The third kappa shape index (κ3) is 8.18. The van der Waals surface area contributed by atoms with E-state index in [9.17, 15) is 9.90 Å². The number of nitrogens with zero attached hydrogens (tertiary/aromatic N) is 2. The number of nitrogens with one attached hydrogen (secondary N) is 2. The molecule has 1 fully saturated rings. The Balaban J connectivity index is 0.00000140. The Morgan fingerprint density at radius 1 is 1.34 bits per heavy atom. The first kappa shape index (κ1) is 30.1. The van der Waals surface area contributed by atoms with Gasteiger partial charge in [0, 0.05) is 31.9 Å². The SMILES string of the molecule is [CH-]=C1C=CC=C(C(C(=O)O)N2CC(OCCCCCc3ccc4c(n3)NCCC4)C2)C1=N.[CH2-]C.[K+]. The van der Waals surface area contributed by atoms with Crippen molar-refractivity contribution >= 4 is 17.5 Å². The second-order valence-corrected chi connectivity index (χ2v) is 8.65. The molecule has 1 aliphatic carbocycles. The average Bonchev–Trinajstić information content (AvgIpc) is 2.82. The largest absolute Gasteiger partial charge is 1.00 e. The summed E-state index contributed by atoms with van der Waals surface area (Å²) in [6.07, 6.45) is 11.4. The molecule has 0 saturated carbocycles. The topological polar surface area (TPSA) is 98.5 Å². The predicted molar refractivity (Wildman–Crippen MR) is 135 cm³/mol. The number of carbonyl (C=O) groups is 1. The molecule has 4 rings (SSSR count). The van der Waals surface area contributed by atoms with Crippen LogP contribution in [0.2, 0.25) is 0 Å². The minimum absolute atomic E-state index is 0. The van der Waals surface area contributed by atoms with Gasteiger partial charge in [0.05, 0.1) is 6.10 Å². The van der Waals surface area contributed by atoms with Gasteiger partial charge >= 0.3 is 57.4 Å². The van der Waals surface area contributed by atoms with Crippen molar-refractivity contribution in [1.82, 2.24) is 9.88 Å². The number of pyridine rings is 1. The van der Waals surface area contributed by atoms with Gasteiger partial charge in [-0.25, -0.2) is 11.6 Å². The van der Waals surface area contributed by atoms with Crippen LogP contribution in [0.3, 0.4) is 0 Å². The molecule has 1 aromatic heterocycles. The molecule has 1 saturated heterocycles. The number of carboxylic acids is 1. The molecule has 0 aromatic carbocycles. The zero-order valence-corrected chi connectivity index (χ0v) is 24.2. The maximum atomic E-state index is 11.8. The minimum atomic E-state index is -0.964. The van der Waals surface area contributed by atoms with Gasteiger partial charge in [-0.05, 0) is 49.4 Å². The molecule has 0 amide bonds. The molecular weight excluding hydrogens is 467 g/mol. The molecule has 184 valence electrons. The van der Waals surface area contributed by atoms with E-state index >= 15 is 0 Å². The zero-order valence-electron chi connectivity index (χ0n) is 21.1. The number of aromatic nitrogens is 1. The third-order valence-electron chi connectivity index (χ3n) is 6.28. The normalized spacial score (nSPS) is 18.2. The number of hydrogen-bond acceptors (Lipinski definition) is 6. The quantitative estimate of drug-likeness (QED) is 0.251. The Morgan fingerprint density at radius 3 is 2.86 bits per heavy atom. The van der Waals surface area contributed by atoms with Crippen LogP contribution in [-0.4, -0.2) is 65.1 Å². The monoisotopic (exact) mass is 503 g/mol. The fourth-order valence-corrected chi connectivity index (χ4v) is 4.43. The standard InChI is InChI=1S/C25H31N4O3.C2H5.K/c1-17-7-5-10-21(22(17)26)23(25(30)31)29-15-20(16-29)32-14-4-2-3-9-19-12-11-18-8-6-13-27-24(18)28-19;1-2;/h1,5,7,10-12,20,23,26H,2-4,6,8-9,13-16H2,(H,27,28)(H,30,31);1H2,2H3;/q2*-1;+1. The fourth-order valence-electron chi connectivity index (χ4n) is 4.43. The molecule has 1 unspecified atom stereocenters. The summed E-state index contributed by atoms with van der Waals surface area (Å²) in [4.78, 5) is 18.4. The van der Waals surface area contributed by atoms with Crippen LogP contribution in [0.25, 0.3) is 0 Å². The zero-order chi connectivity index (χ0) is 24.5. The van der Waals surface area contributed by atoms with Gasteiger partial charge in [-0.15, -0.1) is 6.08 Å². The number of likely N-dealkylation sites (tertiary alicyclic amines) is 1. The average molecular weight is 504 g/mol. The number of fused-ring (bicyclic) bond motifs is 1. The van der Waals surface area contributed by atoms with E-state index < -0.39 is 12.0 Å². The number of unbranched alkanes of at least 4 members (excludes halogenated alkanes) is 2. The van der Waals surface area contributed by atoms with Crippen LogP contribution >= 0.6 is 0 Å². The van der Waals surface area contributed by atoms with Crippen molar-refractivity contribution in [2.75, 3.05) is 31.6 Å². The van der Waals surface area contributed by atoms with Gasteiger partial charge < -0.3 is 27.5 Å². The second kappa shape index (κ2) is 15.2. The Kier molecular flexibility index (Phi) is 13.1. The van der Waals surface area contributed by atoms with Crippen LogP contribution in [0.15, 0.2) is 41.5 Å². The first-order valence-electron chi connectivity index (χ1n) is 12.1. The van der Waals surface area contributed by atoms with Gasteiger partial charge in [0.15, 0.2) is 0 Å². The van der Waals surface area contributed by atoms with Crippen molar-refractivity contribution < 1.29 is 66.0 Å². The summed E-state index contributed by atoms with van der Waals surface area (Å²) < 4.78 is 5.92. The van der Waals surface area contributed by atoms with Crippen LogP contribution < -0.4 is 56.7 Å². The molecule has 1 atom stereocenters. The van der Waals surface area contributed by atoms with Gasteiger partial charge in [0.1, 0.15) is 11.9 Å². The molecule has 0 radical (unpaired) electrons. The maximum Gasteiger partial charge on any atom is 1.00 e. The number of rotatable bonds is 10. The van der Waals surface area contributed by atoms with Gasteiger partial charge in [0.2, 0.25) is 0 Å². The van der Waals surface area contributed by atoms with Crippen molar-refractivity contribution in [2.24, 2.45) is 0 Å². The van der Waals surface area contributed by atoms with Crippen LogP contribution in [0.1, 0.15) is 43.9 Å². The van der Waals surface area contributed by atoms with E-state index in [1.165, 1.54) is 12.0 Å². The number of hydrogen-bond donors (Lipinski definition) is 3. The van der Waals surface area contributed by atoms with Gasteiger partial charge in [-0.3, -0.25) is 9.69 Å². The van der Waals surface area contributed by atoms with E-state index in [4.69, 9.17) is 21.7 Å². The molecule has 3 heterocycles. The van der Waals surface area contributed by atoms with E-state index in [-0.39, 0.29) is 63.2 Å². The van der Waals surface area contributed by atoms with Crippen molar-refractivity contribution in [1.29, 1.82) is 5.41 Å². The number of aliphatic carboxylic acids is 1. The summed E-state index contributed by atoms with van der Waals surface area (Å²) in [5.74, 6) is 0.0931. The molecular formula is C27H36KN4O3-. The van der Waals surface area contributed by atoms with Crippen molar-refractivity contribution in [3.8, 4) is 0 Å². The molecule has 7 nitrogen and oxygen atoms in total. The maximum absolute atomic E-state index is 11.8. The predicted octanol–water partition coefficient (Wildman–Crippen LogP) is 1.03. The molecule has 35 heavy (non-hydrogen) atoms. The van der Waals surface area contributed by atoms with E-state index in [1.807, 2.05) is 4.90 Å². The molecule has 0 bridgehead atoms. The summed E-state index contributed by atoms with van der Waals surface area (Å²) in [5, 5.41) is 21.2. The summed E-state index contributed by atoms with van der Waals surface area (Å²) in [6, 6.07) is 3.49. The van der Waals surface area contributed by atoms with Gasteiger partial charge in [0.25, 0.3) is 0 Å². The van der Waals surface area contributed by atoms with E-state index in [0.717, 1.165) is 50.2 Å². The number of aryl methyl sites for hydroxylation is 2. The van der Waals surface area contributed by atoms with Gasteiger partial charge in [-0.2, -0.15) is 18.6 Å². The number of ether oxygens (including phenoxy) is 1. The molecule has 3 aliphatic rings. The van der Waals surface area contributed by atoms with Crippen LogP contribution in [-0.2, 0) is 22.4 Å². The molecule has 0 spiro atoms. The van der Waals surface area contributed by atoms with Crippen LogP contribution in [0, 0.1) is 18.9 Å². The molecule has 2 aliphatic heterocycles. The Bertz CT molecular complexity index is 954. The van der Waals surface area contributed by atoms with Gasteiger partial charge in [-0.1, -0.05) is 24.1 Å². The van der Waals surface area contributed by atoms with Crippen LogP contribution in [0.5, 0.6) is 0 Å². The molecule has 8 heteroatoms. The first-order valence-corrected chi connectivity index (χ1v) is 12.1. The van der Waals surface area contributed by atoms with E-state index in [2.05, 4.69) is 24.4 Å². The van der Waals surface area contributed by atoms with E-state index in [0.29, 0.717) is 30.8 Å². The summed E-state index contributed by atoms with van der Waals surface area (Å²) in [6.45, 7) is 13.6. The van der Waals surface area contributed by atoms with Crippen molar-refractivity contribution in [3.63, 3.8) is 0 Å². The Hall–Kier alpha value is -1.13. The Morgan fingerprint density at radius 2 is 2.11 bits per heavy atom. The fraction of sp³-hybridized carbons (Fsp3) is 0.481. The number of carboxylic acid groups (broad SMARTS) is 1. The van der Waals surface area contributed by atoms with Crippen LogP contribution in [0.4, 0.5) is 5.82 Å². The van der Waals surface area contributed by atoms with E-state index in [1.54, 1.807) is 25.2 Å². The number of anilines is 1. The first-order chi connectivity index (χ1) is 16.5. The summed E-state index contributed by atoms with van der Waals surface area (Å²) in [7, 11) is 0. The minimum Gasteiger partial charge on any atom is -0.480 e.